The maximum Gasteiger partial charge on any atom is 0.269 e. The summed E-state index contributed by atoms with van der Waals surface area (Å²) in [4.78, 5) is 24.1. The van der Waals surface area contributed by atoms with Gasteiger partial charge in [0.25, 0.3) is 11.8 Å². The number of nitrogens with zero attached hydrogens (tertiary/aromatic N) is 1. The molecular weight excluding hydrogens is 414 g/mol. The molecule has 2 amide bonds. The molecule has 1 fully saturated rings. The van der Waals surface area contributed by atoms with Crippen molar-refractivity contribution in [1.82, 2.24) is 15.2 Å². The summed E-state index contributed by atoms with van der Waals surface area (Å²) < 4.78 is 26.4. The molecule has 2 aromatic carbocycles. The molecule has 2 N–H and O–H groups in total. The maximum atomic E-state index is 12.5. The van der Waals surface area contributed by atoms with E-state index in [2.05, 4.69) is 10.9 Å². The largest absolute Gasteiger partial charge is 0.269 e. The minimum absolute atomic E-state index is 0.143. The number of benzene rings is 2. The topological polar surface area (TPSA) is 95.6 Å². The molecule has 1 heterocycles. The van der Waals surface area contributed by atoms with Crippen LogP contribution < -0.4 is 10.9 Å². The van der Waals surface area contributed by atoms with E-state index in [0.717, 1.165) is 18.4 Å². The number of carbonyl (C=O) groups excluding carboxylic acids is 2. The number of amides is 2. The van der Waals surface area contributed by atoms with E-state index in [1.807, 2.05) is 0 Å². The van der Waals surface area contributed by atoms with Crippen LogP contribution >= 0.6 is 11.6 Å². The predicted molar refractivity (Wildman–Crippen MR) is 111 cm³/mol. The summed E-state index contributed by atoms with van der Waals surface area (Å²) in [5, 5.41) is 0.552. The Bertz CT molecular complexity index is 1030. The van der Waals surface area contributed by atoms with Crippen LogP contribution in [0.3, 0.4) is 0 Å². The molecule has 152 valence electrons. The molecule has 0 bridgehead atoms. The van der Waals surface area contributed by atoms with Gasteiger partial charge in [-0.05, 0) is 60.9 Å². The Hall–Kier alpha value is -2.68. The number of sulfonamides is 1. The zero-order valence-electron chi connectivity index (χ0n) is 15.5. The molecule has 29 heavy (non-hydrogen) atoms. The van der Waals surface area contributed by atoms with Gasteiger partial charge in [-0.25, -0.2) is 8.42 Å². The van der Waals surface area contributed by atoms with E-state index in [1.165, 1.54) is 34.6 Å². The molecule has 1 saturated heterocycles. The summed E-state index contributed by atoms with van der Waals surface area (Å²) in [7, 11) is -3.53. The average Bonchev–Trinajstić information content (AvgIpc) is 3.26. The van der Waals surface area contributed by atoms with Gasteiger partial charge in [0.1, 0.15) is 0 Å². The second kappa shape index (κ2) is 9.21. The third-order valence-corrected chi connectivity index (χ3v) is 6.54. The maximum absolute atomic E-state index is 12.5. The standard InChI is InChI=1S/C20H20ClN3O4S/c21-17-5-3-4-15(14-17)6-11-19(25)22-23-20(26)16-7-9-18(10-8-16)29(27,28)24-12-1-2-13-24/h3-11,14H,1-2,12-13H2,(H,22,25)(H,23,26)/b11-6+. The fraction of sp³-hybridized carbons (Fsp3) is 0.200. The highest BCUT2D eigenvalue weighted by molar-refractivity contribution is 7.89. The molecule has 0 saturated carbocycles. The number of nitrogens with one attached hydrogen (secondary N) is 2. The van der Waals surface area contributed by atoms with Crippen LogP contribution in [-0.2, 0) is 14.8 Å². The van der Waals surface area contributed by atoms with Crippen molar-refractivity contribution in [2.24, 2.45) is 0 Å². The first-order chi connectivity index (χ1) is 13.9. The predicted octanol–water partition coefficient (Wildman–Crippen LogP) is 2.60. The lowest BCUT2D eigenvalue weighted by Gasteiger charge is -2.15. The second-order valence-electron chi connectivity index (χ2n) is 6.47. The van der Waals surface area contributed by atoms with Crippen LogP contribution in [-0.4, -0.2) is 37.6 Å². The summed E-state index contributed by atoms with van der Waals surface area (Å²) in [6.07, 6.45) is 4.53. The van der Waals surface area contributed by atoms with E-state index in [4.69, 9.17) is 11.6 Å². The third-order valence-electron chi connectivity index (χ3n) is 4.39. The zero-order valence-corrected chi connectivity index (χ0v) is 17.0. The van der Waals surface area contributed by atoms with Crippen molar-refractivity contribution in [2.75, 3.05) is 13.1 Å². The Balaban J connectivity index is 1.56. The van der Waals surface area contributed by atoms with Gasteiger partial charge < -0.3 is 0 Å². The first kappa shape index (κ1) is 21.0. The lowest BCUT2D eigenvalue weighted by molar-refractivity contribution is -0.117. The Morgan fingerprint density at radius 3 is 2.34 bits per heavy atom. The number of carbonyl (C=O) groups is 2. The molecule has 3 rings (SSSR count). The van der Waals surface area contributed by atoms with Crippen molar-refractivity contribution in [3.63, 3.8) is 0 Å². The third kappa shape index (κ3) is 5.44. The quantitative estimate of drug-likeness (QED) is 0.559. The van der Waals surface area contributed by atoms with Gasteiger partial charge in [0, 0.05) is 29.8 Å². The normalized spacial score (nSPS) is 14.8. The summed E-state index contributed by atoms with van der Waals surface area (Å²) in [6, 6.07) is 12.6. The smallest absolute Gasteiger partial charge is 0.268 e. The van der Waals surface area contributed by atoms with Crippen LogP contribution in [0.15, 0.2) is 59.5 Å². The molecule has 9 heteroatoms. The van der Waals surface area contributed by atoms with Crippen LogP contribution in [0.2, 0.25) is 5.02 Å². The highest BCUT2D eigenvalue weighted by Gasteiger charge is 2.27. The Kier molecular flexibility index (Phi) is 6.68. The molecule has 0 aliphatic carbocycles. The summed E-state index contributed by atoms with van der Waals surface area (Å²) >= 11 is 5.88. The summed E-state index contributed by atoms with van der Waals surface area (Å²) in [5.74, 6) is -1.08. The lowest BCUT2D eigenvalue weighted by atomic mass is 10.2. The number of rotatable bonds is 5. The van der Waals surface area contributed by atoms with Gasteiger partial charge in [-0.15, -0.1) is 0 Å². The first-order valence-corrected chi connectivity index (χ1v) is 10.8. The molecule has 1 aliphatic rings. The van der Waals surface area contributed by atoms with E-state index in [9.17, 15) is 18.0 Å². The minimum atomic E-state index is -3.53. The van der Waals surface area contributed by atoms with E-state index in [-0.39, 0.29) is 10.5 Å². The number of halogens is 1. The molecule has 0 aromatic heterocycles. The zero-order chi connectivity index (χ0) is 20.9. The molecule has 0 unspecified atom stereocenters. The molecular formula is C20H20ClN3O4S. The van der Waals surface area contributed by atoms with E-state index in [0.29, 0.717) is 18.1 Å². The van der Waals surface area contributed by atoms with Gasteiger partial charge >= 0.3 is 0 Å². The average molecular weight is 434 g/mol. The lowest BCUT2D eigenvalue weighted by Crippen LogP contribution is -2.40. The Labute approximate surface area is 174 Å². The fourth-order valence-corrected chi connectivity index (χ4v) is 4.59. The molecule has 0 spiro atoms. The number of hydrogen-bond acceptors (Lipinski definition) is 4. The van der Waals surface area contributed by atoms with E-state index in [1.54, 1.807) is 30.3 Å². The van der Waals surface area contributed by atoms with Crippen molar-refractivity contribution in [3.8, 4) is 0 Å². The monoisotopic (exact) mass is 433 g/mol. The highest BCUT2D eigenvalue weighted by Crippen LogP contribution is 2.21. The Morgan fingerprint density at radius 1 is 1.00 bits per heavy atom. The van der Waals surface area contributed by atoms with Crippen LogP contribution in [0, 0.1) is 0 Å². The van der Waals surface area contributed by atoms with Crippen molar-refractivity contribution < 1.29 is 18.0 Å². The van der Waals surface area contributed by atoms with Crippen molar-refractivity contribution in [3.05, 3.63) is 70.8 Å². The van der Waals surface area contributed by atoms with Crippen molar-refractivity contribution in [2.45, 2.75) is 17.7 Å². The minimum Gasteiger partial charge on any atom is -0.268 e. The fourth-order valence-electron chi connectivity index (χ4n) is 2.87. The Morgan fingerprint density at radius 2 is 1.69 bits per heavy atom. The summed E-state index contributed by atoms with van der Waals surface area (Å²) in [5.41, 5.74) is 5.53. The number of hydrazine groups is 1. The van der Waals surface area contributed by atoms with Gasteiger partial charge in [0.15, 0.2) is 0 Å². The van der Waals surface area contributed by atoms with Gasteiger partial charge in [0.2, 0.25) is 10.0 Å². The second-order valence-corrected chi connectivity index (χ2v) is 8.84. The van der Waals surface area contributed by atoms with Crippen LogP contribution in [0.4, 0.5) is 0 Å². The molecule has 7 nitrogen and oxygen atoms in total. The van der Waals surface area contributed by atoms with Crippen LogP contribution in [0.25, 0.3) is 6.08 Å². The molecule has 1 aliphatic heterocycles. The van der Waals surface area contributed by atoms with E-state index < -0.39 is 21.8 Å². The summed E-state index contributed by atoms with van der Waals surface area (Å²) in [6.45, 7) is 1.03. The SMILES string of the molecule is O=C(/C=C/c1cccc(Cl)c1)NNC(=O)c1ccc(S(=O)(=O)N2CCCC2)cc1. The highest BCUT2D eigenvalue weighted by atomic mass is 35.5. The first-order valence-electron chi connectivity index (χ1n) is 9.00. The van der Waals surface area contributed by atoms with Gasteiger partial charge in [-0.3, -0.25) is 20.4 Å². The van der Waals surface area contributed by atoms with Gasteiger partial charge in [-0.2, -0.15) is 4.31 Å². The van der Waals surface area contributed by atoms with Crippen LogP contribution in [0.5, 0.6) is 0 Å². The van der Waals surface area contributed by atoms with Gasteiger partial charge in [-0.1, -0.05) is 23.7 Å². The van der Waals surface area contributed by atoms with Crippen molar-refractivity contribution >= 4 is 39.5 Å². The van der Waals surface area contributed by atoms with Gasteiger partial charge in [0.05, 0.1) is 4.90 Å². The van der Waals surface area contributed by atoms with Crippen molar-refractivity contribution in [1.29, 1.82) is 0 Å². The molecule has 0 atom stereocenters. The van der Waals surface area contributed by atoms with E-state index >= 15 is 0 Å². The number of hydrogen-bond donors (Lipinski definition) is 2. The molecule has 2 aromatic rings. The van der Waals surface area contributed by atoms with Crippen LogP contribution in [0.1, 0.15) is 28.8 Å². The molecule has 0 radical (unpaired) electrons.